The summed E-state index contributed by atoms with van der Waals surface area (Å²) in [7, 11) is 2.17. The van der Waals surface area contributed by atoms with E-state index in [1.54, 1.807) is 11.3 Å². The third-order valence-electron chi connectivity index (χ3n) is 2.71. The van der Waals surface area contributed by atoms with Crippen molar-refractivity contribution in [3.8, 4) is 0 Å². The molecule has 1 heterocycles. The van der Waals surface area contributed by atoms with Crippen molar-refractivity contribution in [2.75, 3.05) is 25.1 Å². The van der Waals surface area contributed by atoms with Gasteiger partial charge in [0, 0.05) is 19.1 Å². The first-order valence-corrected chi connectivity index (χ1v) is 7.86. The Morgan fingerprint density at radius 1 is 1.56 bits per heavy atom. The van der Waals surface area contributed by atoms with Gasteiger partial charge in [-0.05, 0) is 47.4 Å². The molecular formula is C12H22N2S2. The lowest BCUT2D eigenvalue weighted by atomic mass is 10.2. The van der Waals surface area contributed by atoms with Gasteiger partial charge in [0.15, 0.2) is 0 Å². The summed E-state index contributed by atoms with van der Waals surface area (Å²) < 4.78 is 0. The van der Waals surface area contributed by atoms with E-state index in [9.17, 15) is 0 Å². The molecule has 16 heavy (non-hydrogen) atoms. The van der Waals surface area contributed by atoms with Crippen LogP contribution in [0.4, 0.5) is 0 Å². The first-order chi connectivity index (χ1) is 7.77. The van der Waals surface area contributed by atoms with Crippen LogP contribution in [0.2, 0.25) is 0 Å². The van der Waals surface area contributed by atoms with Gasteiger partial charge in [-0.2, -0.15) is 23.1 Å². The largest absolute Gasteiger partial charge is 0.329 e. The number of rotatable bonds is 8. The Morgan fingerprint density at radius 3 is 2.94 bits per heavy atom. The van der Waals surface area contributed by atoms with Crippen molar-refractivity contribution in [3.63, 3.8) is 0 Å². The minimum atomic E-state index is 0.513. The van der Waals surface area contributed by atoms with E-state index < -0.39 is 0 Å². The van der Waals surface area contributed by atoms with Crippen LogP contribution in [0, 0.1) is 0 Å². The molecule has 0 aliphatic heterocycles. The van der Waals surface area contributed by atoms with E-state index in [4.69, 9.17) is 5.73 Å². The fraction of sp³-hybridized carbons (Fsp3) is 0.667. The van der Waals surface area contributed by atoms with E-state index in [-0.39, 0.29) is 0 Å². The Bertz CT molecular complexity index is 262. The minimum Gasteiger partial charge on any atom is -0.329 e. The van der Waals surface area contributed by atoms with Crippen molar-refractivity contribution < 1.29 is 0 Å². The number of nitrogens with two attached hydrogens (primary N) is 1. The minimum absolute atomic E-state index is 0.513. The Balaban J connectivity index is 2.33. The first kappa shape index (κ1) is 14.0. The second-order valence-electron chi connectivity index (χ2n) is 3.92. The average molecular weight is 258 g/mol. The Kier molecular flexibility index (Phi) is 7.12. The molecule has 0 aromatic carbocycles. The number of thioether (sulfide) groups is 1. The summed E-state index contributed by atoms with van der Waals surface area (Å²) in [4.78, 5) is 2.37. The van der Waals surface area contributed by atoms with Crippen LogP contribution in [0.3, 0.4) is 0 Å². The van der Waals surface area contributed by atoms with Gasteiger partial charge in [-0.3, -0.25) is 4.90 Å². The quantitative estimate of drug-likeness (QED) is 0.727. The third kappa shape index (κ3) is 4.87. The topological polar surface area (TPSA) is 29.3 Å². The van der Waals surface area contributed by atoms with Gasteiger partial charge in [0.05, 0.1) is 0 Å². The zero-order valence-electron chi connectivity index (χ0n) is 10.2. The second kappa shape index (κ2) is 8.12. The molecule has 4 heteroatoms. The van der Waals surface area contributed by atoms with Gasteiger partial charge in [0.2, 0.25) is 0 Å². The summed E-state index contributed by atoms with van der Waals surface area (Å²) >= 11 is 3.76. The maximum absolute atomic E-state index is 5.84. The molecule has 2 nitrogen and oxygen atoms in total. The van der Waals surface area contributed by atoms with Crippen LogP contribution in [-0.2, 0) is 6.54 Å². The number of likely N-dealkylation sites (N-methyl/N-ethyl adjacent to an activating group) is 1. The molecule has 1 rings (SSSR count). The van der Waals surface area contributed by atoms with Crippen LogP contribution in [0.5, 0.6) is 0 Å². The average Bonchev–Trinajstić information content (AvgIpc) is 2.77. The van der Waals surface area contributed by atoms with Crippen molar-refractivity contribution in [1.82, 2.24) is 4.90 Å². The van der Waals surface area contributed by atoms with Crippen molar-refractivity contribution in [2.24, 2.45) is 5.73 Å². The maximum atomic E-state index is 5.84. The SMILES string of the molecule is CCSCCC(CN)N(C)Cc1ccsc1. The molecule has 1 unspecified atom stereocenters. The standard InChI is InChI=1S/C12H22N2S2/c1-3-15-7-5-12(8-13)14(2)9-11-4-6-16-10-11/h4,6,10,12H,3,5,7-9,13H2,1-2H3. The molecule has 0 aliphatic carbocycles. The summed E-state index contributed by atoms with van der Waals surface area (Å²) in [6, 6.07) is 2.70. The van der Waals surface area contributed by atoms with E-state index in [2.05, 4.69) is 35.7 Å². The van der Waals surface area contributed by atoms with E-state index in [0.717, 1.165) is 13.1 Å². The smallest absolute Gasteiger partial charge is 0.0242 e. The Labute approximate surface area is 107 Å². The Hall–Kier alpha value is -0.0300. The molecule has 0 aliphatic rings. The van der Waals surface area contributed by atoms with E-state index in [1.165, 1.54) is 23.5 Å². The van der Waals surface area contributed by atoms with Crippen LogP contribution in [0.25, 0.3) is 0 Å². The molecule has 0 bridgehead atoms. The van der Waals surface area contributed by atoms with Gasteiger partial charge in [-0.25, -0.2) is 0 Å². The van der Waals surface area contributed by atoms with Crippen LogP contribution < -0.4 is 5.73 Å². The maximum Gasteiger partial charge on any atom is 0.0242 e. The fourth-order valence-corrected chi connectivity index (χ4v) is 3.07. The molecular weight excluding hydrogens is 236 g/mol. The van der Waals surface area contributed by atoms with Gasteiger partial charge >= 0.3 is 0 Å². The molecule has 1 aromatic rings. The van der Waals surface area contributed by atoms with Crippen LogP contribution >= 0.6 is 23.1 Å². The van der Waals surface area contributed by atoms with E-state index in [1.807, 2.05) is 11.8 Å². The highest BCUT2D eigenvalue weighted by molar-refractivity contribution is 7.99. The number of nitrogens with zero attached hydrogens (tertiary/aromatic N) is 1. The summed E-state index contributed by atoms with van der Waals surface area (Å²) in [5.74, 6) is 2.41. The monoisotopic (exact) mass is 258 g/mol. The number of hydrogen-bond acceptors (Lipinski definition) is 4. The summed E-state index contributed by atoms with van der Waals surface area (Å²) in [5.41, 5.74) is 7.23. The molecule has 1 aromatic heterocycles. The van der Waals surface area contributed by atoms with Gasteiger partial charge in [-0.15, -0.1) is 0 Å². The van der Waals surface area contributed by atoms with E-state index in [0.29, 0.717) is 6.04 Å². The predicted molar refractivity (Wildman–Crippen MR) is 76.2 cm³/mol. The molecule has 0 saturated carbocycles. The van der Waals surface area contributed by atoms with Crippen LogP contribution in [0.15, 0.2) is 16.8 Å². The zero-order chi connectivity index (χ0) is 11.8. The summed E-state index contributed by atoms with van der Waals surface area (Å²) in [6.45, 7) is 3.98. The molecule has 2 N–H and O–H groups in total. The van der Waals surface area contributed by atoms with E-state index >= 15 is 0 Å². The highest BCUT2D eigenvalue weighted by Gasteiger charge is 2.12. The number of thiophene rings is 1. The highest BCUT2D eigenvalue weighted by Crippen LogP contribution is 2.13. The lowest BCUT2D eigenvalue weighted by molar-refractivity contribution is 0.234. The molecule has 0 amide bonds. The number of hydrogen-bond donors (Lipinski definition) is 1. The predicted octanol–water partition coefficient (Wildman–Crippen LogP) is 2.65. The summed E-state index contributed by atoms with van der Waals surface area (Å²) in [5, 5.41) is 4.35. The van der Waals surface area contributed by atoms with Crippen molar-refractivity contribution in [1.29, 1.82) is 0 Å². The second-order valence-corrected chi connectivity index (χ2v) is 6.10. The van der Waals surface area contributed by atoms with Crippen LogP contribution in [0.1, 0.15) is 18.9 Å². The lowest BCUT2D eigenvalue weighted by Crippen LogP contribution is -2.37. The third-order valence-corrected chi connectivity index (χ3v) is 4.37. The van der Waals surface area contributed by atoms with Crippen molar-refractivity contribution >= 4 is 23.1 Å². The van der Waals surface area contributed by atoms with Gasteiger partial charge < -0.3 is 5.73 Å². The molecule has 0 spiro atoms. The highest BCUT2D eigenvalue weighted by atomic mass is 32.2. The lowest BCUT2D eigenvalue weighted by Gasteiger charge is -2.26. The van der Waals surface area contributed by atoms with Gasteiger partial charge in [0.25, 0.3) is 0 Å². The van der Waals surface area contributed by atoms with Gasteiger partial charge in [0.1, 0.15) is 0 Å². The normalized spacial score (nSPS) is 13.2. The summed E-state index contributed by atoms with van der Waals surface area (Å²) in [6.07, 6.45) is 1.19. The van der Waals surface area contributed by atoms with Gasteiger partial charge in [-0.1, -0.05) is 6.92 Å². The molecule has 92 valence electrons. The molecule has 0 radical (unpaired) electrons. The first-order valence-electron chi connectivity index (χ1n) is 5.77. The van der Waals surface area contributed by atoms with Crippen molar-refractivity contribution in [2.45, 2.75) is 25.9 Å². The molecule has 0 saturated heterocycles. The zero-order valence-corrected chi connectivity index (χ0v) is 11.8. The fourth-order valence-electron chi connectivity index (χ4n) is 1.68. The molecule has 1 atom stereocenters. The Morgan fingerprint density at radius 2 is 2.38 bits per heavy atom. The molecule has 0 fully saturated rings. The van der Waals surface area contributed by atoms with Crippen LogP contribution in [-0.4, -0.2) is 36.0 Å². The van der Waals surface area contributed by atoms with Crippen molar-refractivity contribution in [3.05, 3.63) is 22.4 Å².